The topological polar surface area (TPSA) is 52.3 Å². The molecule has 13 heavy (non-hydrogen) atoms. The first-order chi connectivity index (χ1) is 6.07. The van der Waals surface area contributed by atoms with E-state index in [1.54, 1.807) is 0 Å². The van der Waals surface area contributed by atoms with Gasteiger partial charge in [0.25, 0.3) is 0 Å². The van der Waals surface area contributed by atoms with Gasteiger partial charge >= 0.3 is 5.97 Å². The fraction of sp³-hybridized carbons (Fsp3) is 0.889. The lowest BCUT2D eigenvalue weighted by Gasteiger charge is -2.12. The summed E-state index contributed by atoms with van der Waals surface area (Å²) in [5, 5.41) is 0.847. The minimum atomic E-state index is -0.463. The van der Waals surface area contributed by atoms with E-state index in [9.17, 15) is 4.79 Å². The molecule has 4 heteroatoms. The fourth-order valence-corrected chi connectivity index (χ4v) is 1.17. The normalized spacial score (nSPS) is 13.0. The SMILES string of the molecule is CC(C)CC(N)C(=O)OCCCBr. The number of ether oxygens (including phenoxy) is 1. The van der Waals surface area contributed by atoms with Gasteiger partial charge < -0.3 is 10.5 Å². The van der Waals surface area contributed by atoms with E-state index in [0.717, 1.165) is 11.8 Å². The quantitative estimate of drug-likeness (QED) is 0.444. The van der Waals surface area contributed by atoms with Gasteiger partial charge in [0.15, 0.2) is 0 Å². The molecule has 0 radical (unpaired) electrons. The number of nitrogens with two attached hydrogens (primary N) is 1. The third-order valence-electron chi connectivity index (χ3n) is 1.55. The van der Waals surface area contributed by atoms with Crippen molar-refractivity contribution in [3.63, 3.8) is 0 Å². The van der Waals surface area contributed by atoms with Crippen molar-refractivity contribution >= 4 is 21.9 Å². The molecule has 0 spiro atoms. The molecule has 2 N–H and O–H groups in total. The fourth-order valence-electron chi connectivity index (χ4n) is 0.938. The first-order valence-electron chi connectivity index (χ1n) is 4.56. The molecule has 0 aliphatic heterocycles. The van der Waals surface area contributed by atoms with E-state index in [2.05, 4.69) is 15.9 Å². The Morgan fingerprint density at radius 3 is 2.62 bits per heavy atom. The maximum absolute atomic E-state index is 11.2. The van der Waals surface area contributed by atoms with Crippen LogP contribution < -0.4 is 5.73 Å². The molecule has 3 nitrogen and oxygen atoms in total. The van der Waals surface area contributed by atoms with Gasteiger partial charge in [0.1, 0.15) is 6.04 Å². The first kappa shape index (κ1) is 12.9. The van der Waals surface area contributed by atoms with Gasteiger partial charge in [-0.05, 0) is 18.8 Å². The average Bonchev–Trinajstić information content (AvgIpc) is 2.03. The van der Waals surface area contributed by atoms with Crippen LogP contribution in [0.5, 0.6) is 0 Å². The zero-order valence-electron chi connectivity index (χ0n) is 8.25. The summed E-state index contributed by atoms with van der Waals surface area (Å²) < 4.78 is 4.95. The third-order valence-corrected chi connectivity index (χ3v) is 2.11. The zero-order chi connectivity index (χ0) is 10.3. The molecule has 0 aliphatic carbocycles. The number of carbonyl (C=O) groups excluding carboxylic acids is 1. The molecule has 0 aromatic carbocycles. The lowest BCUT2D eigenvalue weighted by atomic mass is 10.1. The van der Waals surface area contributed by atoms with Crippen molar-refractivity contribution in [1.82, 2.24) is 0 Å². The summed E-state index contributed by atoms with van der Waals surface area (Å²) in [7, 11) is 0. The lowest BCUT2D eigenvalue weighted by Crippen LogP contribution is -2.33. The number of esters is 1. The van der Waals surface area contributed by atoms with Crippen LogP contribution in [0.2, 0.25) is 0 Å². The Labute approximate surface area is 88.1 Å². The Hall–Kier alpha value is -0.0900. The van der Waals surface area contributed by atoms with Crippen LogP contribution in [0.25, 0.3) is 0 Å². The van der Waals surface area contributed by atoms with Gasteiger partial charge in [0.05, 0.1) is 6.61 Å². The predicted molar refractivity (Wildman–Crippen MR) is 56.8 cm³/mol. The molecule has 0 saturated heterocycles. The van der Waals surface area contributed by atoms with E-state index in [1.807, 2.05) is 13.8 Å². The van der Waals surface area contributed by atoms with E-state index in [-0.39, 0.29) is 5.97 Å². The molecule has 0 heterocycles. The van der Waals surface area contributed by atoms with Crippen LogP contribution in [0.3, 0.4) is 0 Å². The monoisotopic (exact) mass is 251 g/mol. The minimum absolute atomic E-state index is 0.283. The molecule has 0 rings (SSSR count). The first-order valence-corrected chi connectivity index (χ1v) is 5.68. The molecule has 1 unspecified atom stereocenters. The highest BCUT2D eigenvalue weighted by Crippen LogP contribution is 2.04. The van der Waals surface area contributed by atoms with Gasteiger partial charge in [0.2, 0.25) is 0 Å². The summed E-state index contributed by atoms with van der Waals surface area (Å²) in [4.78, 5) is 11.2. The molecule has 1 atom stereocenters. The summed E-state index contributed by atoms with van der Waals surface area (Å²) in [5.74, 6) is 0.147. The molecule has 0 bridgehead atoms. The van der Waals surface area contributed by atoms with Crippen LogP contribution in [0.15, 0.2) is 0 Å². The Kier molecular flexibility index (Phi) is 7.28. The number of hydrogen-bond acceptors (Lipinski definition) is 3. The van der Waals surface area contributed by atoms with E-state index < -0.39 is 6.04 Å². The van der Waals surface area contributed by atoms with Gasteiger partial charge in [-0.25, -0.2) is 0 Å². The van der Waals surface area contributed by atoms with Crippen LogP contribution in [-0.4, -0.2) is 23.9 Å². The van der Waals surface area contributed by atoms with Crippen molar-refractivity contribution < 1.29 is 9.53 Å². The molecular formula is C9H18BrNO2. The second kappa shape index (κ2) is 7.33. The Morgan fingerprint density at radius 1 is 1.54 bits per heavy atom. The maximum atomic E-state index is 11.2. The van der Waals surface area contributed by atoms with Crippen LogP contribution in [0.1, 0.15) is 26.7 Å². The molecule has 0 saturated carbocycles. The largest absolute Gasteiger partial charge is 0.465 e. The second-order valence-corrected chi connectivity index (χ2v) is 4.24. The summed E-state index contributed by atoms with van der Waals surface area (Å²) in [5.41, 5.74) is 5.61. The molecule has 0 aromatic rings. The number of carbonyl (C=O) groups is 1. The average molecular weight is 252 g/mol. The minimum Gasteiger partial charge on any atom is -0.465 e. The van der Waals surface area contributed by atoms with Crippen LogP contribution >= 0.6 is 15.9 Å². The van der Waals surface area contributed by atoms with Crippen molar-refractivity contribution in [2.24, 2.45) is 11.7 Å². The second-order valence-electron chi connectivity index (χ2n) is 3.45. The highest BCUT2D eigenvalue weighted by molar-refractivity contribution is 9.09. The number of rotatable bonds is 6. The molecule has 0 fully saturated rings. The molecule has 0 aromatic heterocycles. The van der Waals surface area contributed by atoms with Crippen molar-refractivity contribution in [2.75, 3.05) is 11.9 Å². The van der Waals surface area contributed by atoms with Gasteiger partial charge in [-0.2, -0.15) is 0 Å². The van der Waals surface area contributed by atoms with Gasteiger partial charge in [0, 0.05) is 5.33 Å². The lowest BCUT2D eigenvalue weighted by molar-refractivity contribution is -0.145. The number of halogens is 1. The van der Waals surface area contributed by atoms with E-state index >= 15 is 0 Å². The summed E-state index contributed by atoms with van der Waals surface area (Å²) in [6.07, 6.45) is 1.52. The Bertz CT molecular complexity index is 151. The predicted octanol–water partition coefficient (Wildman–Crippen LogP) is 1.69. The van der Waals surface area contributed by atoms with Crippen molar-refractivity contribution in [1.29, 1.82) is 0 Å². The molecule has 0 amide bonds. The summed E-state index contributed by atoms with van der Waals surface area (Å²) in [6, 6.07) is -0.463. The van der Waals surface area contributed by atoms with E-state index in [1.165, 1.54) is 0 Å². The van der Waals surface area contributed by atoms with Gasteiger partial charge in [-0.3, -0.25) is 4.79 Å². The molecule has 0 aliphatic rings. The Balaban J connectivity index is 3.57. The van der Waals surface area contributed by atoms with Crippen molar-refractivity contribution in [3.8, 4) is 0 Å². The van der Waals surface area contributed by atoms with Crippen LogP contribution in [0, 0.1) is 5.92 Å². The zero-order valence-corrected chi connectivity index (χ0v) is 9.84. The van der Waals surface area contributed by atoms with Crippen molar-refractivity contribution in [2.45, 2.75) is 32.7 Å². The smallest absolute Gasteiger partial charge is 0.322 e. The van der Waals surface area contributed by atoms with E-state index in [0.29, 0.717) is 18.9 Å². The standard InChI is InChI=1S/C9H18BrNO2/c1-7(2)6-8(11)9(12)13-5-3-4-10/h7-8H,3-6,11H2,1-2H3. The third kappa shape index (κ3) is 7.02. The van der Waals surface area contributed by atoms with Crippen molar-refractivity contribution in [3.05, 3.63) is 0 Å². The Morgan fingerprint density at radius 2 is 2.15 bits per heavy atom. The number of alkyl halides is 1. The maximum Gasteiger partial charge on any atom is 0.322 e. The van der Waals surface area contributed by atoms with Crippen LogP contribution in [0.4, 0.5) is 0 Å². The highest BCUT2D eigenvalue weighted by Gasteiger charge is 2.15. The highest BCUT2D eigenvalue weighted by atomic mass is 79.9. The summed E-state index contributed by atoms with van der Waals surface area (Å²) >= 11 is 3.25. The molecule has 78 valence electrons. The molecular weight excluding hydrogens is 234 g/mol. The van der Waals surface area contributed by atoms with E-state index in [4.69, 9.17) is 10.5 Å². The van der Waals surface area contributed by atoms with Crippen LogP contribution in [-0.2, 0) is 9.53 Å². The van der Waals surface area contributed by atoms with Gasteiger partial charge in [-0.15, -0.1) is 0 Å². The van der Waals surface area contributed by atoms with Gasteiger partial charge in [-0.1, -0.05) is 29.8 Å². The number of hydrogen-bond donors (Lipinski definition) is 1. The summed E-state index contributed by atoms with van der Waals surface area (Å²) in [6.45, 7) is 4.52.